The van der Waals surface area contributed by atoms with E-state index in [0.29, 0.717) is 23.0 Å². The van der Waals surface area contributed by atoms with Crippen molar-refractivity contribution in [1.29, 1.82) is 0 Å². The lowest BCUT2D eigenvalue weighted by Crippen LogP contribution is -2.48. The van der Waals surface area contributed by atoms with Gasteiger partial charge in [0.15, 0.2) is 0 Å². The molecule has 0 bridgehead atoms. The van der Waals surface area contributed by atoms with Gasteiger partial charge in [0.25, 0.3) is 0 Å². The van der Waals surface area contributed by atoms with Gasteiger partial charge in [-0.2, -0.15) is 0 Å². The third-order valence-corrected chi connectivity index (χ3v) is 5.05. The van der Waals surface area contributed by atoms with E-state index in [9.17, 15) is 15.2 Å². The van der Waals surface area contributed by atoms with Gasteiger partial charge in [-0.1, -0.05) is 44.4 Å². The predicted molar refractivity (Wildman–Crippen MR) is 94.1 cm³/mol. The molecule has 0 amide bonds. The molecule has 1 aliphatic rings. The molecule has 2 aromatic rings. The number of hydrogen-bond donors (Lipinski definition) is 2. The number of aromatic nitrogens is 1. The predicted octanol–water partition coefficient (Wildman–Crippen LogP) is 4.03. The number of para-hydroxylation sites is 1. The van der Waals surface area contributed by atoms with Crippen LogP contribution in [0.25, 0.3) is 10.9 Å². The second-order valence-corrected chi connectivity index (χ2v) is 6.56. The minimum absolute atomic E-state index is 0.0495. The van der Waals surface area contributed by atoms with Crippen LogP contribution in [0, 0.1) is 10.1 Å². The van der Waals surface area contributed by atoms with Gasteiger partial charge in [-0.3, -0.25) is 10.1 Å². The summed E-state index contributed by atoms with van der Waals surface area (Å²) >= 11 is 0. The Morgan fingerprint density at radius 1 is 1.33 bits per heavy atom. The number of fused-ring (bicyclic) bond motifs is 1. The van der Waals surface area contributed by atoms with Gasteiger partial charge < -0.3 is 10.4 Å². The fourth-order valence-corrected chi connectivity index (χ4v) is 3.72. The maximum Gasteiger partial charge on any atom is 0.311 e. The van der Waals surface area contributed by atoms with E-state index in [1.54, 1.807) is 0 Å². The average Bonchev–Trinajstić information content (AvgIpc) is 2.59. The number of hydrogen-bond acceptors (Lipinski definition) is 5. The van der Waals surface area contributed by atoms with E-state index in [1.165, 1.54) is 6.20 Å². The van der Waals surface area contributed by atoms with Crippen molar-refractivity contribution in [3.05, 3.63) is 40.6 Å². The lowest BCUT2D eigenvalue weighted by Gasteiger charge is -2.39. The molecule has 128 valence electrons. The first-order chi connectivity index (χ1) is 11.5. The largest absolute Gasteiger partial charge is 0.388 e. The van der Waals surface area contributed by atoms with Crippen LogP contribution in [0.4, 0.5) is 11.4 Å². The van der Waals surface area contributed by atoms with Crippen molar-refractivity contribution in [3.63, 3.8) is 0 Å². The fourth-order valence-electron chi connectivity index (χ4n) is 3.72. The molecule has 0 saturated heterocycles. The zero-order chi connectivity index (χ0) is 17.2. The highest BCUT2D eigenvalue weighted by Gasteiger charge is 2.38. The molecule has 6 nitrogen and oxygen atoms in total. The number of nitrogens with zero attached hydrogens (tertiary/aromatic N) is 2. The van der Waals surface area contributed by atoms with Gasteiger partial charge in [-0.15, -0.1) is 0 Å². The number of pyridine rings is 1. The minimum Gasteiger partial charge on any atom is -0.388 e. The van der Waals surface area contributed by atoms with E-state index in [1.807, 2.05) is 31.2 Å². The Bertz CT molecular complexity index is 741. The quantitative estimate of drug-likeness (QED) is 0.638. The van der Waals surface area contributed by atoms with Crippen LogP contribution in [0.3, 0.4) is 0 Å². The fraction of sp³-hybridized carbons (Fsp3) is 0.500. The second kappa shape index (κ2) is 6.73. The summed E-state index contributed by atoms with van der Waals surface area (Å²) in [6.45, 7) is 2.00. The van der Waals surface area contributed by atoms with Crippen LogP contribution in [0.15, 0.2) is 30.5 Å². The molecule has 1 aromatic heterocycles. The molecule has 1 saturated carbocycles. The molecule has 6 heteroatoms. The van der Waals surface area contributed by atoms with Gasteiger partial charge in [0.05, 0.1) is 22.1 Å². The Labute approximate surface area is 141 Å². The zero-order valence-corrected chi connectivity index (χ0v) is 13.9. The summed E-state index contributed by atoms with van der Waals surface area (Å²) in [6.07, 6.45) is 6.58. The summed E-state index contributed by atoms with van der Waals surface area (Å²) in [5.74, 6) is 0. The van der Waals surface area contributed by atoms with Gasteiger partial charge >= 0.3 is 5.69 Å². The zero-order valence-electron chi connectivity index (χ0n) is 13.9. The Morgan fingerprint density at radius 3 is 2.71 bits per heavy atom. The number of aliphatic hydroxyl groups is 1. The number of nitro groups is 1. The first-order valence-electron chi connectivity index (χ1n) is 8.56. The summed E-state index contributed by atoms with van der Waals surface area (Å²) < 4.78 is 0. The molecule has 1 fully saturated rings. The first-order valence-corrected chi connectivity index (χ1v) is 8.56. The lowest BCUT2D eigenvalue weighted by atomic mass is 9.78. The number of benzene rings is 1. The van der Waals surface area contributed by atoms with Crippen molar-refractivity contribution in [3.8, 4) is 0 Å². The maximum absolute atomic E-state index is 11.5. The average molecular weight is 329 g/mol. The van der Waals surface area contributed by atoms with Crippen LogP contribution in [0.1, 0.15) is 45.4 Å². The van der Waals surface area contributed by atoms with Crippen molar-refractivity contribution in [2.24, 2.45) is 0 Å². The van der Waals surface area contributed by atoms with Gasteiger partial charge in [-0.05, 0) is 25.3 Å². The first kappa shape index (κ1) is 16.6. The molecule has 1 aliphatic carbocycles. The van der Waals surface area contributed by atoms with Crippen LogP contribution in [0.5, 0.6) is 0 Å². The molecular weight excluding hydrogens is 306 g/mol. The van der Waals surface area contributed by atoms with Gasteiger partial charge in [0.1, 0.15) is 11.9 Å². The monoisotopic (exact) mass is 329 g/mol. The second-order valence-electron chi connectivity index (χ2n) is 6.56. The van der Waals surface area contributed by atoms with E-state index < -0.39 is 10.5 Å². The highest BCUT2D eigenvalue weighted by Crippen LogP contribution is 2.37. The van der Waals surface area contributed by atoms with Crippen LogP contribution in [0.2, 0.25) is 0 Å². The van der Waals surface area contributed by atoms with Crippen LogP contribution in [-0.4, -0.2) is 26.7 Å². The van der Waals surface area contributed by atoms with E-state index in [-0.39, 0.29) is 11.7 Å². The third kappa shape index (κ3) is 3.06. The van der Waals surface area contributed by atoms with Gasteiger partial charge in [0, 0.05) is 5.39 Å². The SMILES string of the molecule is CC[C@@H](Nc1c([N+](=O)[O-])cnc2ccccc12)C1(O)CCCCC1. The molecule has 0 aliphatic heterocycles. The Hall–Kier alpha value is -2.21. The summed E-state index contributed by atoms with van der Waals surface area (Å²) in [5.41, 5.74) is 0.296. The molecule has 2 N–H and O–H groups in total. The van der Waals surface area contributed by atoms with Crippen molar-refractivity contribution >= 4 is 22.3 Å². The molecule has 1 heterocycles. The lowest BCUT2D eigenvalue weighted by molar-refractivity contribution is -0.384. The topological polar surface area (TPSA) is 88.3 Å². The van der Waals surface area contributed by atoms with Gasteiger partial charge in [0.2, 0.25) is 0 Å². The van der Waals surface area contributed by atoms with Crippen molar-refractivity contribution in [2.45, 2.75) is 57.1 Å². The van der Waals surface area contributed by atoms with E-state index in [0.717, 1.165) is 32.1 Å². The van der Waals surface area contributed by atoms with E-state index in [4.69, 9.17) is 0 Å². The molecular formula is C18H23N3O3. The maximum atomic E-state index is 11.5. The molecule has 24 heavy (non-hydrogen) atoms. The molecule has 0 radical (unpaired) electrons. The molecule has 1 atom stereocenters. The van der Waals surface area contributed by atoms with Crippen molar-refractivity contribution in [2.75, 3.05) is 5.32 Å². The highest BCUT2D eigenvalue weighted by molar-refractivity contribution is 5.95. The summed E-state index contributed by atoms with van der Waals surface area (Å²) in [4.78, 5) is 15.2. The molecule has 0 spiro atoms. The standard InChI is InChI=1S/C18H23N3O3/c1-2-16(18(22)10-6-3-7-11-18)20-17-13-8-4-5-9-14(13)19-12-15(17)21(23)24/h4-5,8-9,12,16,22H,2-3,6-7,10-11H2,1H3,(H,19,20)/t16-/m1/s1. The molecule has 1 aromatic carbocycles. The van der Waals surface area contributed by atoms with Crippen LogP contribution in [-0.2, 0) is 0 Å². The van der Waals surface area contributed by atoms with Crippen molar-refractivity contribution < 1.29 is 10.0 Å². The Morgan fingerprint density at radius 2 is 2.04 bits per heavy atom. The summed E-state index contributed by atoms with van der Waals surface area (Å²) in [5, 5.41) is 26.5. The van der Waals surface area contributed by atoms with E-state index >= 15 is 0 Å². The Kier molecular flexibility index (Phi) is 4.66. The Balaban J connectivity index is 2.03. The summed E-state index contributed by atoms with van der Waals surface area (Å²) in [7, 11) is 0. The van der Waals surface area contributed by atoms with Crippen molar-refractivity contribution in [1.82, 2.24) is 4.98 Å². The van der Waals surface area contributed by atoms with Crippen LogP contribution < -0.4 is 5.32 Å². The smallest absolute Gasteiger partial charge is 0.311 e. The van der Waals surface area contributed by atoms with Gasteiger partial charge in [-0.25, -0.2) is 4.98 Å². The molecule has 0 unspecified atom stereocenters. The van der Waals surface area contributed by atoms with Crippen LogP contribution >= 0.6 is 0 Å². The van der Waals surface area contributed by atoms with E-state index in [2.05, 4.69) is 10.3 Å². The molecule has 3 rings (SSSR count). The number of nitrogens with one attached hydrogen (secondary N) is 1. The third-order valence-electron chi connectivity index (χ3n) is 5.05. The summed E-state index contributed by atoms with van der Waals surface area (Å²) in [6, 6.07) is 7.14. The number of anilines is 1. The normalized spacial score (nSPS) is 18.2. The highest BCUT2D eigenvalue weighted by atomic mass is 16.6. The minimum atomic E-state index is -0.814. The number of rotatable bonds is 5.